The summed E-state index contributed by atoms with van der Waals surface area (Å²) in [5.41, 5.74) is 4.55. The van der Waals surface area contributed by atoms with Crippen molar-refractivity contribution in [2.45, 2.75) is 56.5 Å². The SMILES string of the molecule is CCc1ccc2c(CSc3nc4nn(-c5ccccc5)c(=O)c-4c4n3CCCCC4)cc(=O)oc2c1. The maximum absolute atomic E-state index is 13.4. The second kappa shape index (κ2) is 9.43. The van der Waals surface area contributed by atoms with Crippen molar-refractivity contribution < 1.29 is 4.42 Å². The summed E-state index contributed by atoms with van der Waals surface area (Å²) in [6.07, 6.45) is 4.88. The zero-order chi connectivity index (χ0) is 24.6. The first-order valence-corrected chi connectivity index (χ1v) is 13.4. The van der Waals surface area contributed by atoms with E-state index in [1.807, 2.05) is 42.5 Å². The molecule has 0 spiro atoms. The molecule has 0 fully saturated rings. The Balaban J connectivity index is 1.45. The van der Waals surface area contributed by atoms with E-state index in [2.05, 4.69) is 22.7 Å². The average Bonchev–Trinajstić information content (AvgIpc) is 3.06. The van der Waals surface area contributed by atoms with E-state index in [1.165, 1.54) is 4.68 Å². The highest BCUT2D eigenvalue weighted by atomic mass is 32.2. The van der Waals surface area contributed by atoms with Crippen molar-refractivity contribution >= 4 is 22.7 Å². The number of hydrogen-bond donors (Lipinski definition) is 0. The number of rotatable bonds is 5. The molecular weight excluding hydrogens is 472 g/mol. The molecule has 2 aromatic carbocycles. The van der Waals surface area contributed by atoms with Crippen LogP contribution in [0.15, 0.2) is 73.8 Å². The Bertz CT molecular complexity index is 1650. The smallest absolute Gasteiger partial charge is 0.336 e. The van der Waals surface area contributed by atoms with E-state index < -0.39 is 0 Å². The number of aromatic nitrogens is 4. The van der Waals surface area contributed by atoms with Gasteiger partial charge in [-0.3, -0.25) is 4.79 Å². The van der Waals surface area contributed by atoms with Crippen molar-refractivity contribution in [3.8, 4) is 17.1 Å². The lowest BCUT2D eigenvalue weighted by Crippen LogP contribution is -2.19. The van der Waals surface area contributed by atoms with Crippen molar-refractivity contribution in [2.24, 2.45) is 0 Å². The molecular formula is C28H26N4O3S. The molecule has 0 bridgehead atoms. The van der Waals surface area contributed by atoms with Gasteiger partial charge in [0.2, 0.25) is 0 Å². The van der Waals surface area contributed by atoms with Crippen LogP contribution in [0.25, 0.3) is 28.0 Å². The maximum atomic E-state index is 13.4. The highest BCUT2D eigenvalue weighted by Gasteiger charge is 2.27. The number of fused-ring (bicyclic) bond motifs is 4. The third kappa shape index (κ3) is 4.05. The molecule has 8 heteroatoms. The molecule has 0 radical (unpaired) electrons. The number of nitrogens with zero attached hydrogens (tertiary/aromatic N) is 4. The molecule has 0 atom stereocenters. The molecule has 3 aliphatic heterocycles. The molecule has 7 nitrogen and oxygen atoms in total. The zero-order valence-electron chi connectivity index (χ0n) is 20.1. The minimum Gasteiger partial charge on any atom is -0.423 e. The van der Waals surface area contributed by atoms with Gasteiger partial charge in [-0.2, -0.15) is 4.68 Å². The predicted octanol–water partition coefficient (Wildman–Crippen LogP) is 5.22. The van der Waals surface area contributed by atoms with Gasteiger partial charge in [0.1, 0.15) is 11.1 Å². The van der Waals surface area contributed by atoms with Crippen molar-refractivity contribution in [2.75, 3.05) is 0 Å². The quantitative estimate of drug-likeness (QED) is 0.188. The van der Waals surface area contributed by atoms with Gasteiger partial charge < -0.3 is 8.98 Å². The van der Waals surface area contributed by atoms with Gasteiger partial charge in [-0.1, -0.05) is 55.4 Å². The third-order valence-electron chi connectivity index (χ3n) is 6.83. The Morgan fingerprint density at radius 3 is 2.72 bits per heavy atom. The fraction of sp³-hybridized carbons (Fsp3) is 0.286. The molecule has 0 saturated carbocycles. The molecule has 0 saturated heterocycles. The second-order valence-electron chi connectivity index (χ2n) is 9.12. The van der Waals surface area contributed by atoms with E-state index in [9.17, 15) is 9.59 Å². The van der Waals surface area contributed by atoms with E-state index in [4.69, 9.17) is 9.40 Å². The Morgan fingerprint density at radius 2 is 1.89 bits per heavy atom. The lowest BCUT2D eigenvalue weighted by Gasteiger charge is -2.18. The van der Waals surface area contributed by atoms with E-state index in [0.29, 0.717) is 22.7 Å². The van der Waals surface area contributed by atoms with Crippen LogP contribution in [-0.4, -0.2) is 19.3 Å². The van der Waals surface area contributed by atoms with E-state index in [1.54, 1.807) is 17.8 Å². The van der Waals surface area contributed by atoms with Crippen LogP contribution in [0.3, 0.4) is 0 Å². The van der Waals surface area contributed by atoms with Crippen molar-refractivity contribution in [1.29, 1.82) is 0 Å². The predicted molar refractivity (Wildman–Crippen MR) is 141 cm³/mol. The van der Waals surface area contributed by atoms with Gasteiger partial charge in [-0.05, 0) is 55.0 Å². The van der Waals surface area contributed by atoms with Gasteiger partial charge in [-0.15, -0.1) is 5.10 Å². The fourth-order valence-corrected chi connectivity index (χ4v) is 6.00. The highest BCUT2D eigenvalue weighted by Crippen LogP contribution is 2.33. The van der Waals surface area contributed by atoms with Crippen LogP contribution in [0.5, 0.6) is 0 Å². The molecule has 0 N–H and O–H groups in total. The van der Waals surface area contributed by atoms with Crippen LogP contribution in [0.1, 0.15) is 43.0 Å². The second-order valence-corrected chi connectivity index (χ2v) is 10.1. The van der Waals surface area contributed by atoms with Gasteiger partial charge in [-0.25, -0.2) is 9.78 Å². The van der Waals surface area contributed by atoms with Crippen molar-refractivity contribution in [3.05, 3.63) is 92.2 Å². The van der Waals surface area contributed by atoms with Crippen molar-refractivity contribution in [1.82, 2.24) is 19.3 Å². The minimum atomic E-state index is -0.348. The monoisotopic (exact) mass is 498 g/mol. The van der Waals surface area contributed by atoms with Crippen LogP contribution in [0.2, 0.25) is 0 Å². The summed E-state index contributed by atoms with van der Waals surface area (Å²) in [5.74, 6) is 1.04. The molecule has 3 aromatic rings. The summed E-state index contributed by atoms with van der Waals surface area (Å²) in [7, 11) is 0. The standard InChI is InChI=1S/C28H26N4O3S/c1-2-18-12-13-21-19(16-24(33)35-23(21)15-18)17-36-28-29-26-25(22-11-7-4-8-14-31(22)28)27(34)32(30-26)20-9-5-3-6-10-20/h3,5-6,9-10,12-13,15-16H,2,4,7-8,11,14,17H2,1H3. The molecule has 4 heterocycles. The lowest BCUT2D eigenvalue weighted by atomic mass is 10.1. The van der Waals surface area contributed by atoms with Crippen LogP contribution < -0.4 is 11.2 Å². The van der Waals surface area contributed by atoms with Crippen LogP contribution >= 0.6 is 11.8 Å². The highest BCUT2D eigenvalue weighted by molar-refractivity contribution is 7.98. The Hall–Kier alpha value is -3.65. The molecule has 1 aromatic heterocycles. The number of para-hydroxylation sites is 1. The van der Waals surface area contributed by atoms with Crippen molar-refractivity contribution in [3.63, 3.8) is 0 Å². The Morgan fingerprint density at radius 1 is 1.03 bits per heavy atom. The summed E-state index contributed by atoms with van der Waals surface area (Å²) in [6, 6.07) is 17.1. The molecule has 6 rings (SSSR count). The maximum Gasteiger partial charge on any atom is 0.336 e. The van der Waals surface area contributed by atoms with Gasteiger partial charge in [0.05, 0.1) is 5.69 Å². The number of benzene rings is 2. The van der Waals surface area contributed by atoms with Crippen LogP contribution in [-0.2, 0) is 25.1 Å². The topological polar surface area (TPSA) is 82.9 Å². The molecule has 182 valence electrons. The van der Waals surface area contributed by atoms with E-state index >= 15 is 0 Å². The first-order chi connectivity index (χ1) is 17.6. The lowest BCUT2D eigenvalue weighted by molar-refractivity contribution is 0.559. The normalized spacial score (nSPS) is 13.7. The largest absolute Gasteiger partial charge is 0.423 e. The van der Waals surface area contributed by atoms with Gasteiger partial charge >= 0.3 is 5.63 Å². The molecule has 0 unspecified atom stereocenters. The fourth-order valence-electron chi connectivity index (χ4n) is 4.96. The molecule has 0 amide bonds. The molecule has 36 heavy (non-hydrogen) atoms. The number of thioether (sulfide) groups is 1. The molecule has 3 aliphatic rings. The summed E-state index contributed by atoms with van der Waals surface area (Å²) in [4.78, 5) is 30.6. The van der Waals surface area contributed by atoms with E-state index in [0.717, 1.165) is 71.7 Å². The Kier molecular flexibility index (Phi) is 5.97. The van der Waals surface area contributed by atoms with Crippen LogP contribution in [0, 0.1) is 0 Å². The summed E-state index contributed by atoms with van der Waals surface area (Å²) in [6.45, 7) is 2.89. The van der Waals surface area contributed by atoms with Gasteiger partial charge in [0.25, 0.3) is 5.56 Å². The Labute approximate surface area is 212 Å². The summed E-state index contributed by atoms with van der Waals surface area (Å²) < 4.78 is 9.14. The number of aryl methyl sites for hydroxylation is 1. The number of hydrogen-bond acceptors (Lipinski definition) is 6. The van der Waals surface area contributed by atoms with Crippen LogP contribution in [0.4, 0.5) is 0 Å². The average molecular weight is 499 g/mol. The first kappa shape index (κ1) is 22.8. The third-order valence-corrected chi connectivity index (χ3v) is 7.85. The van der Waals surface area contributed by atoms with Gasteiger partial charge in [0.15, 0.2) is 11.0 Å². The van der Waals surface area contributed by atoms with Gasteiger partial charge in [0, 0.05) is 29.4 Å². The summed E-state index contributed by atoms with van der Waals surface area (Å²) in [5, 5.41) is 6.38. The molecule has 0 aliphatic carbocycles. The summed E-state index contributed by atoms with van der Waals surface area (Å²) >= 11 is 1.58. The zero-order valence-corrected chi connectivity index (χ0v) is 20.9. The minimum absolute atomic E-state index is 0.121. The van der Waals surface area contributed by atoms with E-state index in [-0.39, 0.29) is 11.2 Å². The first-order valence-electron chi connectivity index (χ1n) is 12.4.